The highest BCUT2D eigenvalue weighted by atomic mass is 16.2. The van der Waals surface area contributed by atoms with E-state index in [4.69, 9.17) is 0 Å². The molecule has 4 heterocycles. The van der Waals surface area contributed by atoms with Gasteiger partial charge < -0.3 is 14.8 Å². The summed E-state index contributed by atoms with van der Waals surface area (Å²) in [6, 6.07) is 0.354. The second-order valence-electron chi connectivity index (χ2n) is 6.94. The van der Waals surface area contributed by atoms with Gasteiger partial charge in [-0.1, -0.05) is 0 Å². The molecule has 0 aliphatic carbocycles. The molecule has 0 saturated carbocycles. The first-order valence-corrected chi connectivity index (χ1v) is 8.61. The number of carbonyl (C=O) groups excluding carboxylic acids is 1. The highest BCUT2D eigenvalue weighted by Gasteiger charge is 2.38. The molecule has 25 heavy (non-hydrogen) atoms. The Morgan fingerprint density at radius 3 is 2.80 bits per heavy atom. The van der Waals surface area contributed by atoms with E-state index in [2.05, 4.69) is 10.3 Å². The van der Waals surface area contributed by atoms with Gasteiger partial charge >= 0.3 is 5.69 Å². The van der Waals surface area contributed by atoms with Gasteiger partial charge in [0, 0.05) is 32.7 Å². The lowest BCUT2D eigenvalue weighted by Crippen LogP contribution is -2.48. The Hall–Kier alpha value is -2.42. The number of rotatable bonds is 2. The normalized spacial score (nSPS) is 23.2. The molecule has 1 N–H and O–H groups in total. The van der Waals surface area contributed by atoms with Crippen LogP contribution in [0, 0.1) is 0 Å². The molecule has 2 aromatic rings. The summed E-state index contributed by atoms with van der Waals surface area (Å²) in [5.74, 6) is -0.156. The molecule has 2 aliphatic heterocycles. The van der Waals surface area contributed by atoms with Crippen molar-refractivity contribution in [3.8, 4) is 0 Å². The first kappa shape index (κ1) is 16.1. The number of amides is 1. The quantitative estimate of drug-likeness (QED) is 0.736. The third-order valence-corrected chi connectivity index (χ3v) is 5.44. The van der Waals surface area contributed by atoms with Gasteiger partial charge in [-0.15, -0.1) is 0 Å². The number of aromatic nitrogens is 4. The van der Waals surface area contributed by atoms with Gasteiger partial charge in [-0.3, -0.25) is 14.2 Å². The standard InChI is InChI=1S/C16H22N6O3/c1-19-9-18-14-13(19)15(24)21(16(25)20(14)2)8-12(23)22-10-3-4-11(22)7-17-6-5-10/h9-11,17H,3-8H2,1-2H3. The minimum atomic E-state index is -0.509. The molecule has 2 unspecified atom stereocenters. The van der Waals surface area contributed by atoms with Crippen LogP contribution in [0.2, 0.25) is 0 Å². The highest BCUT2D eigenvalue weighted by Crippen LogP contribution is 2.28. The molecule has 2 aromatic heterocycles. The molecule has 0 aromatic carbocycles. The number of carbonyl (C=O) groups is 1. The van der Waals surface area contributed by atoms with Crippen LogP contribution in [0.3, 0.4) is 0 Å². The first-order chi connectivity index (χ1) is 12.0. The van der Waals surface area contributed by atoms with Crippen LogP contribution in [-0.4, -0.2) is 54.7 Å². The van der Waals surface area contributed by atoms with E-state index in [1.54, 1.807) is 18.7 Å². The van der Waals surface area contributed by atoms with Crippen LogP contribution in [0.4, 0.5) is 0 Å². The fraction of sp³-hybridized carbons (Fsp3) is 0.625. The molecule has 2 fully saturated rings. The summed E-state index contributed by atoms with van der Waals surface area (Å²) in [5, 5.41) is 3.35. The average molecular weight is 346 g/mol. The van der Waals surface area contributed by atoms with Crippen molar-refractivity contribution in [2.45, 2.75) is 37.9 Å². The van der Waals surface area contributed by atoms with Crippen LogP contribution >= 0.6 is 0 Å². The molecule has 2 aliphatic rings. The van der Waals surface area contributed by atoms with Crippen LogP contribution in [0.15, 0.2) is 15.9 Å². The fourth-order valence-corrected chi connectivity index (χ4v) is 4.14. The number of fused-ring (bicyclic) bond motifs is 3. The maximum atomic E-state index is 12.9. The molecule has 0 spiro atoms. The van der Waals surface area contributed by atoms with E-state index in [0.29, 0.717) is 11.2 Å². The van der Waals surface area contributed by atoms with Gasteiger partial charge in [0.05, 0.1) is 6.33 Å². The molecular formula is C16H22N6O3. The SMILES string of the molecule is Cn1cnc2c1c(=O)n(CC(=O)N1C3CCNCC1CC3)c(=O)n2C. The van der Waals surface area contributed by atoms with Gasteiger partial charge in [-0.2, -0.15) is 0 Å². The van der Waals surface area contributed by atoms with Gasteiger partial charge in [0.2, 0.25) is 5.91 Å². The van der Waals surface area contributed by atoms with Crippen LogP contribution in [-0.2, 0) is 25.4 Å². The van der Waals surface area contributed by atoms with Crippen molar-refractivity contribution in [3.05, 3.63) is 27.2 Å². The van der Waals surface area contributed by atoms with Crippen molar-refractivity contribution in [2.24, 2.45) is 14.1 Å². The van der Waals surface area contributed by atoms with Gasteiger partial charge in [-0.05, 0) is 25.8 Å². The Morgan fingerprint density at radius 2 is 2.00 bits per heavy atom. The molecule has 9 nitrogen and oxygen atoms in total. The first-order valence-electron chi connectivity index (χ1n) is 8.61. The van der Waals surface area contributed by atoms with Crippen molar-refractivity contribution in [1.29, 1.82) is 0 Å². The van der Waals surface area contributed by atoms with Crippen LogP contribution in [0.25, 0.3) is 11.2 Å². The smallest absolute Gasteiger partial charge is 0.332 e. The predicted octanol–water partition coefficient (Wildman–Crippen LogP) is -1.21. The Bertz CT molecular complexity index is 941. The lowest BCUT2D eigenvalue weighted by Gasteiger charge is -2.28. The average Bonchev–Trinajstić information content (AvgIpc) is 3.08. The maximum absolute atomic E-state index is 12.9. The van der Waals surface area contributed by atoms with Crippen molar-refractivity contribution in [3.63, 3.8) is 0 Å². The zero-order chi connectivity index (χ0) is 17.7. The lowest BCUT2D eigenvalue weighted by molar-refractivity contribution is -0.134. The van der Waals surface area contributed by atoms with Gasteiger partial charge in [0.15, 0.2) is 11.2 Å². The summed E-state index contributed by atoms with van der Waals surface area (Å²) >= 11 is 0. The summed E-state index contributed by atoms with van der Waals surface area (Å²) < 4.78 is 3.93. The number of aryl methyl sites for hydroxylation is 2. The monoisotopic (exact) mass is 346 g/mol. The topological polar surface area (TPSA) is 94.2 Å². The maximum Gasteiger partial charge on any atom is 0.332 e. The number of hydrogen-bond acceptors (Lipinski definition) is 5. The number of nitrogens with zero attached hydrogens (tertiary/aromatic N) is 5. The molecule has 0 radical (unpaired) electrons. The zero-order valence-electron chi connectivity index (χ0n) is 14.4. The summed E-state index contributed by atoms with van der Waals surface area (Å²) in [6.07, 6.45) is 4.37. The molecule has 9 heteroatoms. The van der Waals surface area contributed by atoms with Crippen molar-refractivity contribution in [2.75, 3.05) is 13.1 Å². The summed E-state index contributed by atoms with van der Waals surface area (Å²) in [5.41, 5.74) is -0.313. The van der Waals surface area contributed by atoms with E-state index in [1.165, 1.54) is 10.9 Å². The molecule has 2 saturated heterocycles. The second-order valence-corrected chi connectivity index (χ2v) is 6.94. The fourth-order valence-electron chi connectivity index (χ4n) is 4.14. The molecular weight excluding hydrogens is 324 g/mol. The van der Waals surface area contributed by atoms with Crippen molar-refractivity contribution < 1.29 is 4.79 Å². The minimum Gasteiger partial charge on any atom is -0.334 e. The van der Waals surface area contributed by atoms with Crippen molar-refractivity contribution >= 4 is 17.1 Å². The van der Waals surface area contributed by atoms with Gasteiger partial charge in [-0.25, -0.2) is 14.3 Å². The van der Waals surface area contributed by atoms with E-state index < -0.39 is 11.2 Å². The summed E-state index contributed by atoms with van der Waals surface area (Å²) in [7, 11) is 3.27. The molecule has 1 amide bonds. The third kappa shape index (κ3) is 2.41. The van der Waals surface area contributed by atoms with Crippen LogP contribution in [0.5, 0.6) is 0 Å². The minimum absolute atomic E-state index is 0.153. The van der Waals surface area contributed by atoms with Crippen LogP contribution in [0.1, 0.15) is 19.3 Å². The van der Waals surface area contributed by atoms with Crippen LogP contribution < -0.4 is 16.6 Å². The predicted molar refractivity (Wildman–Crippen MR) is 91.4 cm³/mol. The van der Waals surface area contributed by atoms with Crippen molar-refractivity contribution in [1.82, 2.24) is 28.9 Å². The van der Waals surface area contributed by atoms with E-state index in [-0.39, 0.29) is 24.5 Å². The number of nitrogens with one attached hydrogen (secondary N) is 1. The largest absolute Gasteiger partial charge is 0.334 e. The van der Waals surface area contributed by atoms with E-state index in [0.717, 1.165) is 36.9 Å². The van der Waals surface area contributed by atoms with E-state index in [9.17, 15) is 14.4 Å². The molecule has 2 atom stereocenters. The van der Waals surface area contributed by atoms with Gasteiger partial charge in [0.1, 0.15) is 6.54 Å². The molecule has 2 bridgehead atoms. The second kappa shape index (κ2) is 5.83. The van der Waals surface area contributed by atoms with E-state index >= 15 is 0 Å². The Kier molecular flexibility index (Phi) is 3.75. The van der Waals surface area contributed by atoms with Gasteiger partial charge in [0.25, 0.3) is 5.56 Å². The molecule has 134 valence electrons. The lowest BCUT2D eigenvalue weighted by atomic mass is 10.1. The third-order valence-electron chi connectivity index (χ3n) is 5.44. The number of hydrogen-bond donors (Lipinski definition) is 1. The molecule has 4 rings (SSSR count). The Morgan fingerprint density at radius 1 is 1.24 bits per heavy atom. The highest BCUT2D eigenvalue weighted by molar-refractivity contribution is 5.78. The summed E-state index contributed by atoms with van der Waals surface area (Å²) in [6.45, 7) is 1.45. The zero-order valence-corrected chi connectivity index (χ0v) is 14.4. The summed E-state index contributed by atoms with van der Waals surface area (Å²) in [4.78, 5) is 44.2. The van der Waals surface area contributed by atoms with E-state index in [1.807, 2.05) is 4.90 Å². The Balaban J connectivity index is 1.74. The Labute approximate surface area is 143 Å². The number of imidazole rings is 1.